The fourth-order valence-corrected chi connectivity index (χ4v) is 3.35. The molecule has 0 aliphatic carbocycles. The van der Waals surface area contributed by atoms with E-state index in [0.29, 0.717) is 11.3 Å². The standard InChI is InChI=1S/C13H10BrF2NOS/c14-9-3-8(4-11(17)5-9)7-19(18)13-6-10(15)1-2-12(13)16/h1-6H,7,17H2. The SMILES string of the molecule is Nc1cc(Br)cc(CS(=O)c2cc(F)ccc2F)c1. The molecule has 0 aliphatic heterocycles. The van der Waals surface area contributed by atoms with Crippen LogP contribution in [-0.2, 0) is 16.6 Å². The summed E-state index contributed by atoms with van der Waals surface area (Å²) in [6.45, 7) is 0. The molecule has 1 atom stereocenters. The van der Waals surface area contributed by atoms with E-state index in [4.69, 9.17) is 5.73 Å². The molecule has 0 aliphatic rings. The van der Waals surface area contributed by atoms with Gasteiger partial charge in [0, 0.05) is 10.2 Å². The molecule has 0 saturated carbocycles. The molecule has 0 amide bonds. The smallest absolute Gasteiger partial charge is 0.139 e. The van der Waals surface area contributed by atoms with Crippen molar-refractivity contribution < 1.29 is 13.0 Å². The minimum Gasteiger partial charge on any atom is -0.399 e. The van der Waals surface area contributed by atoms with Gasteiger partial charge in [0.1, 0.15) is 11.6 Å². The second-order valence-corrected chi connectivity index (χ2v) is 6.29. The van der Waals surface area contributed by atoms with Gasteiger partial charge in [-0.05, 0) is 42.0 Å². The molecule has 19 heavy (non-hydrogen) atoms. The summed E-state index contributed by atoms with van der Waals surface area (Å²) in [6, 6.07) is 8.01. The molecule has 0 radical (unpaired) electrons. The van der Waals surface area contributed by atoms with Gasteiger partial charge in [-0.1, -0.05) is 15.9 Å². The first kappa shape index (κ1) is 14.1. The minimum absolute atomic E-state index is 0.0734. The quantitative estimate of drug-likeness (QED) is 0.863. The van der Waals surface area contributed by atoms with Crippen molar-refractivity contribution in [2.24, 2.45) is 0 Å². The summed E-state index contributed by atoms with van der Waals surface area (Å²) in [4.78, 5) is -0.140. The van der Waals surface area contributed by atoms with Crippen LogP contribution in [0.5, 0.6) is 0 Å². The number of benzene rings is 2. The number of hydrogen-bond donors (Lipinski definition) is 1. The lowest BCUT2D eigenvalue weighted by Gasteiger charge is -2.06. The summed E-state index contributed by atoms with van der Waals surface area (Å²) in [5.41, 5.74) is 6.87. The van der Waals surface area contributed by atoms with Crippen molar-refractivity contribution in [2.45, 2.75) is 10.6 Å². The van der Waals surface area contributed by atoms with E-state index >= 15 is 0 Å². The highest BCUT2D eigenvalue weighted by molar-refractivity contribution is 9.10. The third kappa shape index (κ3) is 3.61. The normalized spacial score (nSPS) is 12.4. The van der Waals surface area contributed by atoms with Crippen LogP contribution in [0.25, 0.3) is 0 Å². The van der Waals surface area contributed by atoms with Crippen LogP contribution in [-0.4, -0.2) is 4.21 Å². The predicted octanol–water partition coefficient (Wildman–Crippen LogP) is 3.62. The van der Waals surface area contributed by atoms with Crippen LogP contribution >= 0.6 is 15.9 Å². The Morgan fingerprint density at radius 3 is 2.58 bits per heavy atom. The van der Waals surface area contributed by atoms with Gasteiger partial charge in [0.05, 0.1) is 21.4 Å². The zero-order valence-electron chi connectivity index (χ0n) is 9.70. The predicted molar refractivity (Wildman–Crippen MR) is 75.0 cm³/mol. The molecule has 100 valence electrons. The van der Waals surface area contributed by atoms with Crippen LogP contribution in [0.3, 0.4) is 0 Å². The van der Waals surface area contributed by atoms with Crippen molar-refractivity contribution in [2.75, 3.05) is 5.73 Å². The van der Waals surface area contributed by atoms with Crippen molar-refractivity contribution in [3.05, 3.63) is 58.1 Å². The van der Waals surface area contributed by atoms with Gasteiger partial charge in [-0.25, -0.2) is 8.78 Å². The molecular formula is C13H10BrF2NOS. The highest BCUT2D eigenvalue weighted by atomic mass is 79.9. The maximum Gasteiger partial charge on any atom is 0.139 e. The van der Waals surface area contributed by atoms with Crippen LogP contribution in [0.2, 0.25) is 0 Å². The van der Waals surface area contributed by atoms with E-state index < -0.39 is 22.4 Å². The first-order valence-electron chi connectivity index (χ1n) is 5.34. The van der Waals surface area contributed by atoms with Gasteiger partial charge in [-0.3, -0.25) is 4.21 Å². The Hall–Kier alpha value is -1.27. The number of anilines is 1. The average Bonchev–Trinajstić information content (AvgIpc) is 2.30. The minimum atomic E-state index is -1.66. The largest absolute Gasteiger partial charge is 0.399 e. The number of nitrogens with two attached hydrogens (primary N) is 1. The van der Waals surface area contributed by atoms with E-state index in [0.717, 1.165) is 22.7 Å². The van der Waals surface area contributed by atoms with Crippen LogP contribution in [0.1, 0.15) is 5.56 Å². The summed E-state index contributed by atoms with van der Waals surface area (Å²) < 4.78 is 39.3. The maximum atomic E-state index is 13.5. The molecule has 0 bridgehead atoms. The van der Waals surface area contributed by atoms with Crippen LogP contribution in [0, 0.1) is 11.6 Å². The Bertz CT molecular complexity index is 628. The Morgan fingerprint density at radius 2 is 1.89 bits per heavy atom. The Kier molecular flexibility index (Phi) is 4.31. The number of hydrogen-bond acceptors (Lipinski definition) is 2. The molecule has 2 rings (SSSR count). The number of halogens is 3. The third-order valence-corrected chi connectivity index (χ3v) is 4.27. The van der Waals surface area contributed by atoms with Crippen LogP contribution in [0.4, 0.5) is 14.5 Å². The molecule has 6 heteroatoms. The molecule has 0 spiro atoms. The number of nitrogen functional groups attached to an aromatic ring is 1. The van der Waals surface area contributed by atoms with Crippen LogP contribution < -0.4 is 5.73 Å². The summed E-state index contributed by atoms with van der Waals surface area (Å²) in [5, 5.41) is 0. The fourth-order valence-electron chi connectivity index (χ4n) is 1.64. The van der Waals surface area contributed by atoms with Crippen molar-refractivity contribution in [3.63, 3.8) is 0 Å². The molecule has 2 nitrogen and oxygen atoms in total. The fraction of sp³-hybridized carbons (Fsp3) is 0.0769. The van der Waals surface area contributed by atoms with Gasteiger partial charge in [-0.15, -0.1) is 0 Å². The van der Waals surface area contributed by atoms with Crippen LogP contribution in [0.15, 0.2) is 45.8 Å². The van der Waals surface area contributed by atoms with E-state index in [2.05, 4.69) is 15.9 Å². The van der Waals surface area contributed by atoms with Crippen molar-refractivity contribution in [1.82, 2.24) is 0 Å². The van der Waals surface area contributed by atoms with Crippen molar-refractivity contribution >= 4 is 32.4 Å². The molecule has 1 unspecified atom stereocenters. The van der Waals surface area contributed by atoms with E-state index in [1.807, 2.05) is 0 Å². The Balaban J connectivity index is 2.28. The highest BCUT2D eigenvalue weighted by Gasteiger charge is 2.12. The summed E-state index contributed by atoms with van der Waals surface area (Å²) in [6.07, 6.45) is 0. The Morgan fingerprint density at radius 1 is 1.16 bits per heavy atom. The van der Waals surface area contributed by atoms with Crippen molar-refractivity contribution in [1.29, 1.82) is 0 Å². The first-order valence-corrected chi connectivity index (χ1v) is 7.45. The molecule has 0 saturated heterocycles. The molecule has 2 N–H and O–H groups in total. The lowest BCUT2D eigenvalue weighted by molar-refractivity contribution is 0.572. The first-order chi connectivity index (χ1) is 8.95. The molecular weight excluding hydrogens is 336 g/mol. The molecule has 0 heterocycles. The van der Waals surface area contributed by atoms with Gasteiger partial charge in [-0.2, -0.15) is 0 Å². The van der Waals surface area contributed by atoms with E-state index in [1.54, 1.807) is 18.2 Å². The van der Waals surface area contributed by atoms with Gasteiger partial charge < -0.3 is 5.73 Å². The van der Waals surface area contributed by atoms with E-state index in [9.17, 15) is 13.0 Å². The average molecular weight is 346 g/mol. The summed E-state index contributed by atoms with van der Waals surface area (Å²) in [7, 11) is -1.66. The van der Waals surface area contributed by atoms with Gasteiger partial charge in [0.25, 0.3) is 0 Å². The van der Waals surface area contributed by atoms with E-state index in [1.165, 1.54) is 0 Å². The monoisotopic (exact) mass is 345 g/mol. The molecule has 2 aromatic carbocycles. The maximum absolute atomic E-state index is 13.5. The molecule has 2 aromatic rings. The van der Waals surface area contributed by atoms with Gasteiger partial charge in [0.2, 0.25) is 0 Å². The Labute approximate surface area is 120 Å². The van der Waals surface area contributed by atoms with E-state index in [-0.39, 0.29) is 10.6 Å². The van der Waals surface area contributed by atoms with Gasteiger partial charge >= 0.3 is 0 Å². The van der Waals surface area contributed by atoms with Crippen molar-refractivity contribution in [3.8, 4) is 0 Å². The second-order valence-electron chi connectivity index (χ2n) is 3.96. The highest BCUT2D eigenvalue weighted by Crippen LogP contribution is 2.21. The lowest BCUT2D eigenvalue weighted by Crippen LogP contribution is -2.01. The zero-order chi connectivity index (χ0) is 14.0. The van der Waals surface area contributed by atoms with Gasteiger partial charge in [0.15, 0.2) is 0 Å². The molecule has 0 aromatic heterocycles. The second kappa shape index (κ2) is 5.79. The lowest BCUT2D eigenvalue weighted by atomic mass is 10.2. The zero-order valence-corrected chi connectivity index (χ0v) is 12.1. The molecule has 0 fully saturated rings. The third-order valence-electron chi connectivity index (χ3n) is 2.42. The number of rotatable bonds is 3. The topological polar surface area (TPSA) is 43.1 Å². The summed E-state index contributed by atoms with van der Waals surface area (Å²) >= 11 is 3.27. The summed E-state index contributed by atoms with van der Waals surface area (Å²) in [5.74, 6) is -1.22.